The van der Waals surface area contributed by atoms with Crippen molar-refractivity contribution in [3.63, 3.8) is 0 Å². The Labute approximate surface area is 214 Å². The number of nitrogens with zero attached hydrogens (tertiary/aromatic N) is 1. The Morgan fingerprint density at radius 2 is 1.69 bits per heavy atom. The van der Waals surface area contributed by atoms with Gasteiger partial charge in [-0.3, -0.25) is 9.78 Å². The van der Waals surface area contributed by atoms with Crippen LogP contribution in [-0.2, 0) is 19.3 Å². The molecule has 0 fully saturated rings. The molecule has 1 aromatic carbocycles. The smallest absolute Gasteiger partial charge is 0.248 e. The number of pyridine rings is 2. The molecule has 1 unspecified atom stereocenters. The van der Waals surface area contributed by atoms with Crippen molar-refractivity contribution in [2.75, 3.05) is 18.4 Å². The first-order chi connectivity index (χ1) is 16.8. The zero-order valence-corrected chi connectivity index (χ0v) is 21.5. The molecule has 188 valence electrons. The number of nitrogens with one attached hydrogen (secondary N) is 3. The molecule has 6 heteroatoms. The van der Waals surface area contributed by atoms with Gasteiger partial charge in [-0.1, -0.05) is 43.5 Å². The summed E-state index contributed by atoms with van der Waals surface area (Å²) in [6, 6.07) is 12.7. The number of anilines is 1. The third-order valence-electron chi connectivity index (χ3n) is 7.55. The molecule has 2 aliphatic carbocycles. The van der Waals surface area contributed by atoms with E-state index in [4.69, 9.17) is 4.98 Å². The number of aromatic nitrogens is 2. The first kappa shape index (κ1) is 25.7. The number of aryl methyl sites for hydroxylation is 2. The van der Waals surface area contributed by atoms with Crippen molar-refractivity contribution in [2.24, 2.45) is 0 Å². The lowest BCUT2D eigenvalue weighted by molar-refractivity contribution is 0.443. The Balaban J connectivity index is 0.00000289. The van der Waals surface area contributed by atoms with E-state index in [-0.39, 0.29) is 18.0 Å². The Kier molecular flexibility index (Phi) is 9.22. The van der Waals surface area contributed by atoms with Gasteiger partial charge in [-0.15, -0.1) is 12.4 Å². The summed E-state index contributed by atoms with van der Waals surface area (Å²) < 4.78 is 0. The zero-order valence-electron chi connectivity index (χ0n) is 20.7. The van der Waals surface area contributed by atoms with E-state index < -0.39 is 0 Å². The third kappa shape index (κ3) is 6.25. The van der Waals surface area contributed by atoms with Gasteiger partial charge in [-0.05, 0) is 81.5 Å². The van der Waals surface area contributed by atoms with Crippen LogP contribution in [0.3, 0.4) is 0 Å². The van der Waals surface area contributed by atoms with Crippen LogP contribution in [0.1, 0.15) is 86.3 Å². The fourth-order valence-electron chi connectivity index (χ4n) is 5.76. The van der Waals surface area contributed by atoms with E-state index in [2.05, 4.69) is 39.9 Å². The fraction of sp³-hybridized carbons (Fsp3) is 0.517. The van der Waals surface area contributed by atoms with Gasteiger partial charge in [-0.2, -0.15) is 0 Å². The van der Waals surface area contributed by atoms with Crippen LogP contribution in [0.4, 0.5) is 5.69 Å². The lowest BCUT2D eigenvalue weighted by Gasteiger charge is -2.26. The number of hydrogen-bond donors (Lipinski definition) is 3. The van der Waals surface area contributed by atoms with Crippen molar-refractivity contribution in [2.45, 2.75) is 83.1 Å². The van der Waals surface area contributed by atoms with Crippen molar-refractivity contribution >= 4 is 29.0 Å². The molecule has 2 aromatic heterocycles. The lowest BCUT2D eigenvalue weighted by Crippen LogP contribution is -2.28. The van der Waals surface area contributed by atoms with Crippen LogP contribution in [-0.4, -0.2) is 23.1 Å². The minimum Gasteiger partial charge on any atom is -0.384 e. The molecule has 0 spiro atoms. The van der Waals surface area contributed by atoms with Crippen molar-refractivity contribution in [1.29, 1.82) is 0 Å². The molecule has 2 heterocycles. The van der Waals surface area contributed by atoms with E-state index in [1.165, 1.54) is 72.8 Å². The van der Waals surface area contributed by atoms with E-state index in [9.17, 15) is 4.79 Å². The molecule has 0 bridgehead atoms. The molecule has 0 saturated heterocycles. The van der Waals surface area contributed by atoms with Crippen LogP contribution in [0.2, 0.25) is 0 Å². The second-order valence-corrected chi connectivity index (χ2v) is 9.99. The maximum absolute atomic E-state index is 11.6. The van der Waals surface area contributed by atoms with Crippen molar-refractivity contribution in [1.82, 2.24) is 15.3 Å². The number of aromatic amines is 1. The second kappa shape index (κ2) is 12.5. The topological polar surface area (TPSA) is 69.8 Å². The average Bonchev–Trinajstić information content (AvgIpc) is 2.87. The number of unbranched alkanes of at least 4 members (excludes halogenated alkanes) is 4. The zero-order chi connectivity index (χ0) is 23.2. The van der Waals surface area contributed by atoms with Crippen LogP contribution >= 0.6 is 12.4 Å². The molecule has 1 atom stereocenters. The van der Waals surface area contributed by atoms with Crippen molar-refractivity contribution in [3.8, 4) is 0 Å². The second-order valence-electron chi connectivity index (χ2n) is 9.99. The molecule has 35 heavy (non-hydrogen) atoms. The Morgan fingerprint density at radius 3 is 2.60 bits per heavy atom. The predicted molar refractivity (Wildman–Crippen MR) is 148 cm³/mol. The molecule has 3 aromatic rings. The number of fused-ring (bicyclic) bond motifs is 3. The van der Waals surface area contributed by atoms with Gasteiger partial charge in [0.25, 0.3) is 0 Å². The lowest BCUT2D eigenvalue weighted by atomic mass is 9.91. The minimum absolute atomic E-state index is 0. The summed E-state index contributed by atoms with van der Waals surface area (Å²) in [5, 5.41) is 8.80. The third-order valence-corrected chi connectivity index (χ3v) is 7.55. The molecule has 2 aliphatic rings. The molecular formula is C29H39ClN4O. The number of hydrogen-bond acceptors (Lipinski definition) is 4. The van der Waals surface area contributed by atoms with Gasteiger partial charge in [0.2, 0.25) is 5.56 Å². The summed E-state index contributed by atoms with van der Waals surface area (Å²) in [4.78, 5) is 19.5. The number of para-hydroxylation sites is 1. The van der Waals surface area contributed by atoms with Crippen molar-refractivity contribution < 1.29 is 0 Å². The standard InChI is InChI=1S/C29H38N4O.ClH/c34-28-18-17-21-24(15-10-16-25(21)33-28)30-19-8-2-1-3-9-20-31-29-22-11-4-6-13-26(22)32-27-14-7-5-12-23(27)29;/h4,6,11,13,17-18,24,30H,1-3,5,7-10,12,14-16,19-20H2,(H,31,32)(H,33,34);1H. The van der Waals surface area contributed by atoms with E-state index in [1.54, 1.807) is 6.07 Å². The van der Waals surface area contributed by atoms with E-state index in [0.717, 1.165) is 56.4 Å². The van der Waals surface area contributed by atoms with Crippen LogP contribution in [0.15, 0.2) is 41.2 Å². The van der Waals surface area contributed by atoms with E-state index in [0.29, 0.717) is 6.04 Å². The number of H-pyrrole nitrogens is 1. The van der Waals surface area contributed by atoms with Crippen LogP contribution in [0.5, 0.6) is 0 Å². The number of halogens is 1. The summed E-state index contributed by atoms with van der Waals surface area (Å²) in [7, 11) is 0. The minimum atomic E-state index is 0. The van der Waals surface area contributed by atoms with Crippen molar-refractivity contribution in [3.05, 3.63) is 69.3 Å². The van der Waals surface area contributed by atoms with Crippen LogP contribution in [0, 0.1) is 0 Å². The molecule has 5 rings (SSSR count). The van der Waals surface area contributed by atoms with Gasteiger partial charge in [0.1, 0.15) is 0 Å². The molecule has 0 amide bonds. The number of benzene rings is 1. The highest BCUT2D eigenvalue weighted by Gasteiger charge is 2.20. The predicted octanol–water partition coefficient (Wildman–Crippen LogP) is 6.25. The molecule has 0 saturated carbocycles. The monoisotopic (exact) mass is 494 g/mol. The average molecular weight is 495 g/mol. The highest BCUT2D eigenvalue weighted by molar-refractivity contribution is 5.93. The molecule has 0 radical (unpaired) electrons. The first-order valence-corrected chi connectivity index (χ1v) is 13.4. The Hall–Kier alpha value is -2.37. The van der Waals surface area contributed by atoms with Gasteiger partial charge in [0.05, 0.1) is 5.52 Å². The maximum Gasteiger partial charge on any atom is 0.248 e. The maximum atomic E-state index is 11.6. The molecule has 0 aliphatic heterocycles. The van der Waals surface area contributed by atoms with E-state index in [1.807, 2.05) is 6.07 Å². The van der Waals surface area contributed by atoms with Gasteiger partial charge in [-0.25, -0.2) is 0 Å². The molecular weight excluding hydrogens is 456 g/mol. The van der Waals surface area contributed by atoms with Crippen LogP contribution in [0.25, 0.3) is 10.9 Å². The summed E-state index contributed by atoms with van der Waals surface area (Å²) >= 11 is 0. The highest BCUT2D eigenvalue weighted by atomic mass is 35.5. The summed E-state index contributed by atoms with van der Waals surface area (Å²) in [6.07, 6.45) is 14.4. The fourth-order valence-corrected chi connectivity index (χ4v) is 5.76. The largest absolute Gasteiger partial charge is 0.384 e. The summed E-state index contributed by atoms with van der Waals surface area (Å²) in [5.74, 6) is 0. The van der Waals surface area contributed by atoms with Gasteiger partial charge < -0.3 is 15.6 Å². The van der Waals surface area contributed by atoms with Gasteiger partial charge in [0.15, 0.2) is 0 Å². The highest BCUT2D eigenvalue weighted by Crippen LogP contribution is 2.33. The molecule has 5 nitrogen and oxygen atoms in total. The Bertz CT molecular complexity index is 1180. The quantitative estimate of drug-likeness (QED) is 0.291. The first-order valence-electron chi connectivity index (χ1n) is 13.4. The molecule has 3 N–H and O–H groups in total. The normalized spacial score (nSPS) is 16.9. The SMILES string of the molecule is Cl.O=c1ccc2c([nH]1)CCCC2NCCCCCCCNc1c2c(nc3ccccc13)CCCC2. The summed E-state index contributed by atoms with van der Waals surface area (Å²) in [6.45, 7) is 2.09. The summed E-state index contributed by atoms with van der Waals surface area (Å²) in [5.41, 5.74) is 7.70. The van der Waals surface area contributed by atoms with Gasteiger partial charge >= 0.3 is 0 Å². The number of rotatable bonds is 10. The van der Waals surface area contributed by atoms with Gasteiger partial charge in [0, 0.05) is 41.1 Å². The Morgan fingerprint density at radius 1 is 0.886 bits per heavy atom. The van der Waals surface area contributed by atoms with E-state index >= 15 is 0 Å². The van der Waals surface area contributed by atoms with Crippen LogP contribution < -0.4 is 16.2 Å².